The first-order chi connectivity index (χ1) is 5.29. The maximum atomic E-state index is 11.2. The standard InChI is InChI=1S/C8H7NOS/c1-5-4-11-6-2-3-9-8(10)7(5)6/h2-4,7H,1H3. The first-order valence-electron chi connectivity index (χ1n) is 3.40. The minimum atomic E-state index is -0.0509. The van der Waals surface area contributed by atoms with Crippen molar-refractivity contribution in [2.45, 2.75) is 6.92 Å². The fourth-order valence-electron chi connectivity index (χ4n) is 1.23. The van der Waals surface area contributed by atoms with Crippen LogP contribution in [0.1, 0.15) is 6.92 Å². The van der Waals surface area contributed by atoms with E-state index < -0.39 is 0 Å². The molecule has 0 aliphatic carbocycles. The first kappa shape index (κ1) is 6.85. The molecule has 0 saturated carbocycles. The monoisotopic (exact) mass is 165 g/mol. The van der Waals surface area contributed by atoms with E-state index in [2.05, 4.69) is 4.99 Å². The molecule has 0 aromatic rings. The van der Waals surface area contributed by atoms with Gasteiger partial charge in [-0.05, 0) is 24.0 Å². The van der Waals surface area contributed by atoms with Crippen LogP contribution < -0.4 is 0 Å². The molecule has 0 N–H and O–H groups in total. The van der Waals surface area contributed by atoms with Gasteiger partial charge in [-0.15, -0.1) is 11.8 Å². The normalized spacial score (nSPS) is 28.1. The molecule has 1 unspecified atom stereocenters. The zero-order valence-corrected chi connectivity index (χ0v) is 6.89. The second-order valence-corrected chi connectivity index (χ2v) is 3.54. The molecule has 0 radical (unpaired) electrons. The average Bonchev–Trinajstić information content (AvgIpc) is 2.34. The highest BCUT2D eigenvalue weighted by Gasteiger charge is 2.29. The second kappa shape index (κ2) is 2.34. The Morgan fingerprint density at radius 1 is 1.64 bits per heavy atom. The summed E-state index contributed by atoms with van der Waals surface area (Å²) >= 11 is 1.63. The predicted octanol–water partition coefficient (Wildman–Crippen LogP) is 1.75. The van der Waals surface area contributed by atoms with Crippen LogP contribution in [0.5, 0.6) is 0 Å². The van der Waals surface area contributed by atoms with E-state index in [9.17, 15) is 4.79 Å². The van der Waals surface area contributed by atoms with Crippen molar-refractivity contribution in [1.29, 1.82) is 0 Å². The highest BCUT2D eigenvalue weighted by molar-refractivity contribution is 8.06. The lowest BCUT2D eigenvalue weighted by Crippen LogP contribution is -2.14. The van der Waals surface area contributed by atoms with E-state index in [1.165, 1.54) is 0 Å². The number of allylic oxidation sites excluding steroid dienone is 1. The summed E-state index contributed by atoms with van der Waals surface area (Å²) in [6.07, 6.45) is 3.48. The molecule has 0 fully saturated rings. The van der Waals surface area contributed by atoms with Gasteiger partial charge in [-0.3, -0.25) is 4.79 Å². The van der Waals surface area contributed by atoms with Crippen molar-refractivity contribution in [3.63, 3.8) is 0 Å². The molecule has 11 heavy (non-hydrogen) atoms. The number of rotatable bonds is 0. The largest absolute Gasteiger partial charge is 0.272 e. The van der Waals surface area contributed by atoms with Crippen molar-refractivity contribution in [3.8, 4) is 0 Å². The lowest BCUT2D eigenvalue weighted by molar-refractivity contribution is -0.119. The van der Waals surface area contributed by atoms with Crippen molar-refractivity contribution < 1.29 is 4.79 Å². The quantitative estimate of drug-likeness (QED) is 0.547. The summed E-state index contributed by atoms with van der Waals surface area (Å²) in [4.78, 5) is 16.0. The number of thioether (sulfide) groups is 1. The van der Waals surface area contributed by atoms with Crippen molar-refractivity contribution in [2.24, 2.45) is 10.9 Å². The molecule has 1 amide bonds. The summed E-state index contributed by atoms with van der Waals surface area (Å²) in [6, 6.07) is 0. The molecule has 2 aliphatic rings. The van der Waals surface area contributed by atoms with Gasteiger partial charge < -0.3 is 0 Å². The molecule has 56 valence electrons. The molecule has 2 heterocycles. The van der Waals surface area contributed by atoms with Crippen LogP contribution in [0, 0.1) is 5.92 Å². The maximum absolute atomic E-state index is 11.2. The van der Waals surface area contributed by atoms with Crippen LogP contribution in [0.3, 0.4) is 0 Å². The van der Waals surface area contributed by atoms with Crippen LogP contribution in [0.2, 0.25) is 0 Å². The lowest BCUT2D eigenvalue weighted by Gasteiger charge is -2.11. The minimum Gasteiger partial charge on any atom is -0.272 e. The van der Waals surface area contributed by atoms with Gasteiger partial charge in [0.2, 0.25) is 0 Å². The van der Waals surface area contributed by atoms with Gasteiger partial charge >= 0.3 is 0 Å². The molecular formula is C8H7NOS. The summed E-state index contributed by atoms with van der Waals surface area (Å²) in [5.41, 5.74) is 1.11. The lowest BCUT2D eigenvalue weighted by atomic mass is 9.99. The molecule has 0 bridgehead atoms. The zero-order chi connectivity index (χ0) is 7.84. The Morgan fingerprint density at radius 2 is 2.45 bits per heavy atom. The second-order valence-electron chi connectivity index (χ2n) is 2.60. The van der Waals surface area contributed by atoms with E-state index in [0.717, 1.165) is 10.5 Å². The fourth-order valence-corrected chi connectivity index (χ4v) is 2.25. The van der Waals surface area contributed by atoms with Crippen LogP contribution in [-0.4, -0.2) is 12.1 Å². The third-order valence-corrected chi connectivity index (χ3v) is 2.94. The molecule has 0 aromatic heterocycles. The number of carbonyl (C=O) groups is 1. The van der Waals surface area contributed by atoms with Gasteiger partial charge in [-0.1, -0.05) is 0 Å². The molecule has 0 saturated heterocycles. The number of nitrogens with zero attached hydrogens (tertiary/aromatic N) is 1. The van der Waals surface area contributed by atoms with Crippen molar-refractivity contribution in [2.75, 3.05) is 0 Å². The zero-order valence-electron chi connectivity index (χ0n) is 6.07. The predicted molar refractivity (Wildman–Crippen MR) is 46.4 cm³/mol. The Morgan fingerprint density at radius 3 is 3.18 bits per heavy atom. The van der Waals surface area contributed by atoms with E-state index in [1.807, 2.05) is 18.4 Å². The number of dihydropyridines is 1. The third-order valence-electron chi connectivity index (χ3n) is 1.81. The number of aliphatic imine (C=N–C) groups is 1. The van der Waals surface area contributed by atoms with Gasteiger partial charge in [-0.2, -0.15) is 0 Å². The Balaban J connectivity index is 2.42. The molecule has 3 heteroatoms. The Labute approximate surface area is 69.1 Å². The average molecular weight is 165 g/mol. The van der Waals surface area contributed by atoms with Crippen molar-refractivity contribution in [1.82, 2.24) is 0 Å². The Kier molecular flexibility index (Phi) is 1.46. The number of amides is 1. The van der Waals surface area contributed by atoms with Gasteiger partial charge in [0.25, 0.3) is 5.91 Å². The van der Waals surface area contributed by atoms with Gasteiger partial charge in [0.05, 0.1) is 5.92 Å². The Hall–Kier alpha value is -0.830. The molecule has 2 aliphatic heterocycles. The topological polar surface area (TPSA) is 29.4 Å². The SMILES string of the molecule is CC1=CSC2=CC=NC(=O)C12. The number of hydrogen-bond acceptors (Lipinski definition) is 2. The van der Waals surface area contributed by atoms with E-state index in [1.54, 1.807) is 18.0 Å². The minimum absolute atomic E-state index is 0.0266. The van der Waals surface area contributed by atoms with Crippen molar-refractivity contribution >= 4 is 23.9 Å². The van der Waals surface area contributed by atoms with Crippen LogP contribution in [0.25, 0.3) is 0 Å². The summed E-state index contributed by atoms with van der Waals surface area (Å²) in [6.45, 7) is 1.97. The first-order valence-corrected chi connectivity index (χ1v) is 4.28. The molecule has 1 atom stereocenters. The van der Waals surface area contributed by atoms with Crippen LogP contribution >= 0.6 is 11.8 Å². The van der Waals surface area contributed by atoms with Gasteiger partial charge in [0.15, 0.2) is 0 Å². The summed E-state index contributed by atoms with van der Waals surface area (Å²) in [7, 11) is 0. The highest BCUT2D eigenvalue weighted by atomic mass is 32.2. The van der Waals surface area contributed by atoms with Crippen molar-refractivity contribution in [3.05, 3.63) is 22.0 Å². The van der Waals surface area contributed by atoms with Gasteiger partial charge in [0, 0.05) is 11.1 Å². The van der Waals surface area contributed by atoms with Crippen LogP contribution in [0.15, 0.2) is 27.0 Å². The third kappa shape index (κ3) is 0.959. The van der Waals surface area contributed by atoms with Gasteiger partial charge in [-0.25, -0.2) is 4.99 Å². The fraction of sp³-hybridized carbons (Fsp3) is 0.250. The summed E-state index contributed by atoms with van der Waals surface area (Å²) < 4.78 is 0. The molecule has 2 rings (SSSR count). The maximum Gasteiger partial charge on any atom is 0.257 e. The number of fused-ring (bicyclic) bond motifs is 1. The van der Waals surface area contributed by atoms with E-state index in [0.29, 0.717) is 0 Å². The highest BCUT2D eigenvalue weighted by Crippen LogP contribution is 2.40. The van der Waals surface area contributed by atoms with E-state index >= 15 is 0 Å². The Bertz CT molecular complexity index is 301. The van der Waals surface area contributed by atoms with E-state index in [-0.39, 0.29) is 11.8 Å². The van der Waals surface area contributed by atoms with Crippen LogP contribution in [-0.2, 0) is 4.79 Å². The molecule has 2 nitrogen and oxygen atoms in total. The molecule has 0 aromatic carbocycles. The molecule has 0 spiro atoms. The van der Waals surface area contributed by atoms with E-state index in [4.69, 9.17) is 0 Å². The number of carbonyl (C=O) groups excluding carboxylic acids is 1. The number of hydrogen-bond donors (Lipinski definition) is 0. The summed E-state index contributed by atoms with van der Waals surface area (Å²) in [5, 5.41) is 2.02. The smallest absolute Gasteiger partial charge is 0.257 e. The van der Waals surface area contributed by atoms with Gasteiger partial charge in [0.1, 0.15) is 0 Å². The summed E-state index contributed by atoms with van der Waals surface area (Å²) in [5.74, 6) is -0.0775. The molecular weight excluding hydrogens is 158 g/mol. The van der Waals surface area contributed by atoms with Crippen LogP contribution in [0.4, 0.5) is 0 Å².